The highest BCUT2D eigenvalue weighted by molar-refractivity contribution is 6.19. The van der Waals surface area contributed by atoms with Crippen LogP contribution in [0.1, 0.15) is 19.4 Å². The number of amides is 1. The minimum Gasteiger partial charge on any atom is -0.459 e. The van der Waals surface area contributed by atoms with Crippen molar-refractivity contribution in [3.63, 3.8) is 0 Å². The third-order valence-corrected chi connectivity index (χ3v) is 2.27. The van der Waals surface area contributed by atoms with Gasteiger partial charge in [-0.2, -0.15) is 0 Å². The van der Waals surface area contributed by atoms with Gasteiger partial charge >= 0.3 is 12.1 Å². The van der Waals surface area contributed by atoms with E-state index in [1.54, 1.807) is 0 Å². The summed E-state index contributed by atoms with van der Waals surface area (Å²) in [6.45, 7) is 3.17. The van der Waals surface area contributed by atoms with Crippen LogP contribution in [-0.2, 0) is 20.9 Å². The summed E-state index contributed by atoms with van der Waals surface area (Å²) in [5.74, 6) is -0.539. The summed E-state index contributed by atoms with van der Waals surface area (Å²) < 4.78 is 9.69. The molecule has 1 aromatic rings. The van der Waals surface area contributed by atoms with Crippen LogP contribution in [0.5, 0.6) is 0 Å². The highest BCUT2D eigenvalue weighted by Gasteiger charge is 2.18. The second-order valence-electron chi connectivity index (χ2n) is 3.91. The molecule has 0 bridgehead atoms. The van der Waals surface area contributed by atoms with Crippen LogP contribution in [0.4, 0.5) is 4.79 Å². The molecule has 0 aliphatic rings. The van der Waals surface area contributed by atoms with Crippen molar-refractivity contribution in [3.05, 3.63) is 35.9 Å². The molecule has 0 spiro atoms. The van der Waals surface area contributed by atoms with Gasteiger partial charge < -0.3 is 14.8 Å². The van der Waals surface area contributed by atoms with Crippen LogP contribution in [0.3, 0.4) is 0 Å². The highest BCUT2D eigenvalue weighted by atomic mass is 35.5. The van der Waals surface area contributed by atoms with Gasteiger partial charge in [0.25, 0.3) is 0 Å². The summed E-state index contributed by atoms with van der Waals surface area (Å²) in [5, 5.41) is 2.33. The smallest absolute Gasteiger partial charge is 0.409 e. The molecule has 1 N–H and O–H groups in total. The second-order valence-corrected chi connectivity index (χ2v) is 4.52. The van der Waals surface area contributed by atoms with Crippen LogP contribution in [0.25, 0.3) is 0 Å². The van der Waals surface area contributed by atoms with Crippen LogP contribution in [0.2, 0.25) is 0 Å². The van der Waals surface area contributed by atoms with E-state index >= 15 is 0 Å². The molecule has 0 aromatic heterocycles. The fourth-order valence-corrected chi connectivity index (χ4v) is 1.35. The van der Waals surface area contributed by atoms with Gasteiger partial charge in [0, 0.05) is 0 Å². The Labute approximate surface area is 116 Å². The number of esters is 1. The van der Waals surface area contributed by atoms with Crippen LogP contribution in [-0.4, -0.2) is 23.7 Å². The molecule has 0 radical (unpaired) electrons. The predicted octanol–water partition coefficient (Wildman–Crippen LogP) is 2.43. The molecule has 19 heavy (non-hydrogen) atoms. The SMILES string of the molecule is C[C@H](Cl)OC(=O)N[C@@H](C)C(=O)OCc1ccccc1. The van der Waals surface area contributed by atoms with Crippen molar-refractivity contribution in [2.24, 2.45) is 0 Å². The topological polar surface area (TPSA) is 64.6 Å². The number of benzene rings is 1. The fraction of sp³-hybridized carbons (Fsp3) is 0.385. The van der Waals surface area contributed by atoms with Crippen LogP contribution < -0.4 is 5.32 Å². The molecular weight excluding hydrogens is 270 g/mol. The number of hydrogen-bond donors (Lipinski definition) is 1. The van der Waals surface area contributed by atoms with Gasteiger partial charge in [0.05, 0.1) is 0 Å². The summed E-state index contributed by atoms with van der Waals surface area (Å²) in [4.78, 5) is 22.8. The number of carbonyl (C=O) groups excluding carboxylic acids is 2. The van der Waals surface area contributed by atoms with Gasteiger partial charge in [-0.15, -0.1) is 0 Å². The quantitative estimate of drug-likeness (QED) is 0.666. The number of alkyl halides is 1. The summed E-state index contributed by atoms with van der Waals surface area (Å²) in [7, 11) is 0. The van der Waals surface area contributed by atoms with Crippen molar-refractivity contribution in [2.45, 2.75) is 32.1 Å². The summed E-state index contributed by atoms with van der Waals surface area (Å²) >= 11 is 5.48. The van der Waals surface area contributed by atoms with Crippen LogP contribution in [0, 0.1) is 0 Å². The monoisotopic (exact) mass is 285 g/mol. The molecule has 5 nitrogen and oxygen atoms in total. The zero-order valence-corrected chi connectivity index (χ0v) is 11.5. The van der Waals surface area contributed by atoms with Crippen molar-refractivity contribution in [1.29, 1.82) is 0 Å². The Kier molecular flexibility index (Phi) is 6.15. The molecule has 0 aliphatic heterocycles. The van der Waals surface area contributed by atoms with Gasteiger partial charge in [0.2, 0.25) is 0 Å². The van der Waals surface area contributed by atoms with E-state index in [0.717, 1.165) is 5.56 Å². The molecule has 6 heteroatoms. The molecule has 104 valence electrons. The lowest BCUT2D eigenvalue weighted by atomic mass is 10.2. The molecular formula is C13H16ClNO4. The Morgan fingerprint density at radius 1 is 1.26 bits per heavy atom. The molecule has 2 atom stereocenters. The first-order chi connectivity index (χ1) is 8.99. The largest absolute Gasteiger partial charge is 0.459 e. The van der Waals surface area contributed by atoms with E-state index in [1.165, 1.54) is 13.8 Å². The molecule has 0 fully saturated rings. The van der Waals surface area contributed by atoms with Crippen molar-refractivity contribution in [2.75, 3.05) is 0 Å². The minimum absolute atomic E-state index is 0.159. The molecule has 0 aliphatic carbocycles. The van der Waals surface area contributed by atoms with E-state index in [4.69, 9.17) is 16.3 Å². The summed E-state index contributed by atoms with van der Waals surface area (Å²) in [6, 6.07) is 8.46. The third kappa shape index (κ3) is 6.10. The Morgan fingerprint density at radius 2 is 1.89 bits per heavy atom. The summed E-state index contributed by atoms with van der Waals surface area (Å²) in [5.41, 5.74) is 0.118. The van der Waals surface area contributed by atoms with Gasteiger partial charge in [0.15, 0.2) is 5.56 Å². The van der Waals surface area contributed by atoms with E-state index in [0.29, 0.717) is 0 Å². The molecule has 1 rings (SSSR count). The number of carbonyl (C=O) groups is 2. The van der Waals surface area contributed by atoms with E-state index in [-0.39, 0.29) is 6.61 Å². The normalized spacial score (nSPS) is 13.2. The number of nitrogens with one attached hydrogen (secondary N) is 1. The molecule has 0 saturated heterocycles. The standard InChI is InChI=1S/C13H16ClNO4/c1-9(15-13(17)19-10(2)14)12(16)18-8-11-6-4-3-5-7-11/h3-7,9-10H,8H2,1-2H3,(H,15,17)/t9-,10+/m0/s1. The average Bonchev–Trinajstić information content (AvgIpc) is 2.36. The first kappa shape index (κ1) is 15.3. The highest BCUT2D eigenvalue weighted by Crippen LogP contribution is 2.02. The molecule has 0 heterocycles. The maximum absolute atomic E-state index is 11.6. The van der Waals surface area contributed by atoms with Gasteiger partial charge in [0.1, 0.15) is 12.6 Å². The maximum Gasteiger partial charge on any atom is 0.409 e. The number of halogens is 1. The molecule has 0 saturated carbocycles. The number of hydrogen-bond acceptors (Lipinski definition) is 4. The Morgan fingerprint density at radius 3 is 2.47 bits per heavy atom. The summed E-state index contributed by atoms with van der Waals surface area (Å²) in [6.07, 6.45) is -0.758. The van der Waals surface area contributed by atoms with Crippen LogP contribution >= 0.6 is 11.6 Å². The first-order valence-corrected chi connectivity index (χ1v) is 6.24. The molecule has 1 amide bonds. The number of alkyl carbamates (subject to hydrolysis) is 1. The Hall–Kier alpha value is -1.75. The average molecular weight is 286 g/mol. The van der Waals surface area contributed by atoms with E-state index in [9.17, 15) is 9.59 Å². The van der Waals surface area contributed by atoms with Gasteiger partial charge in [-0.3, -0.25) is 0 Å². The lowest BCUT2D eigenvalue weighted by Gasteiger charge is -2.14. The van der Waals surface area contributed by atoms with E-state index in [1.807, 2.05) is 30.3 Å². The molecule has 1 aromatic carbocycles. The first-order valence-electron chi connectivity index (χ1n) is 5.81. The van der Waals surface area contributed by atoms with Crippen molar-refractivity contribution in [1.82, 2.24) is 5.32 Å². The Bertz CT molecular complexity index is 422. The maximum atomic E-state index is 11.6. The van der Waals surface area contributed by atoms with E-state index in [2.05, 4.69) is 10.1 Å². The fourth-order valence-electron chi connectivity index (χ4n) is 1.27. The minimum atomic E-state index is -0.799. The van der Waals surface area contributed by atoms with Gasteiger partial charge in [-0.05, 0) is 19.4 Å². The lowest BCUT2D eigenvalue weighted by molar-refractivity contribution is -0.146. The van der Waals surface area contributed by atoms with Gasteiger partial charge in [-0.25, -0.2) is 9.59 Å². The third-order valence-electron chi connectivity index (χ3n) is 2.18. The Balaban J connectivity index is 2.35. The molecule has 0 unspecified atom stereocenters. The van der Waals surface area contributed by atoms with Gasteiger partial charge in [-0.1, -0.05) is 41.9 Å². The predicted molar refractivity (Wildman–Crippen MR) is 70.6 cm³/mol. The van der Waals surface area contributed by atoms with Crippen molar-refractivity contribution >= 4 is 23.7 Å². The zero-order valence-electron chi connectivity index (χ0n) is 10.8. The second kappa shape index (κ2) is 7.63. The van der Waals surface area contributed by atoms with Crippen LogP contribution in [0.15, 0.2) is 30.3 Å². The van der Waals surface area contributed by atoms with E-state index < -0.39 is 23.7 Å². The zero-order chi connectivity index (χ0) is 14.3. The number of rotatable bonds is 5. The van der Waals surface area contributed by atoms with Crippen molar-refractivity contribution < 1.29 is 19.1 Å². The lowest BCUT2D eigenvalue weighted by Crippen LogP contribution is -2.40. The number of ether oxygens (including phenoxy) is 2. The van der Waals surface area contributed by atoms with Crippen molar-refractivity contribution in [3.8, 4) is 0 Å².